The smallest absolute Gasteiger partial charge is 0.297 e. The van der Waals surface area contributed by atoms with Crippen LogP contribution in [0.3, 0.4) is 0 Å². The van der Waals surface area contributed by atoms with E-state index < -0.39 is 0 Å². The number of rotatable bonds is 8. The zero-order valence-corrected chi connectivity index (χ0v) is 23.1. The van der Waals surface area contributed by atoms with Crippen LogP contribution in [-0.4, -0.2) is 22.2 Å². The van der Waals surface area contributed by atoms with Crippen LogP contribution in [0.1, 0.15) is 23.7 Å². The van der Waals surface area contributed by atoms with Crippen LogP contribution in [-0.2, 0) is 13.7 Å². The first-order valence-corrected chi connectivity index (χ1v) is 12.8. The fraction of sp³-hybridized carbons (Fsp3) is 0.185. The maximum absolute atomic E-state index is 13.1. The molecule has 1 aromatic heterocycles. The SMILES string of the molecule is CCOc1cc(C=Nc2c(C)n(C)n(-c3ccccc3)c2=O)cc(Br)c1OCc1ccc(Cl)cc1Cl. The fourth-order valence-corrected chi connectivity index (χ4v) is 4.73. The van der Waals surface area contributed by atoms with Crippen molar-refractivity contribution in [3.05, 3.63) is 102 Å². The molecule has 4 aromatic rings. The summed E-state index contributed by atoms with van der Waals surface area (Å²) in [5.74, 6) is 1.09. The Kier molecular flexibility index (Phi) is 8.24. The summed E-state index contributed by atoms with van der Waals surface area (Å²) < 4.78 is 16.0. The van der Waals surface area contributed by atoms with Gasteiger partial charge in [0.1, 0.15) is 6.61 Å². The molecule has 0 aliphatic rings. The maximum Gasteiger partial charge on any atom is 0.297 e. The lowest BCUT2D eigenvalue weighted by molar-refractivity contribution is 0.267. The van der Waals surface area contributed by atoms with Gasteiger partial charge in [-0.15, -0.1) is 0 Å². The Balaban J connectivity index is 1.64. The maximum atomic E-state index is 13.1. The first-order valence-electron chi connectivity index (χ1n) is 11.2. The zero-order chi connectivity index (χ0) is 25.8. The molecular formula is C27H24BrCl2N3O3. The third-order valence-corrected chi connectivity index (χ3v) is 6.76. The summed E-state index contributed by atoms with van der Waals surface area (Å²) in [6, 6.07) is 18.4. The van der Waals surface area contributed by atoms with Gasteiger partial charge in [-0.2, -0.15) is 0 Å². The van der Waals surface area contributed by atoms with Crippen molar-refractivity contribution in [1.82, 2.24) is 9.36 Å². The van der Waals surface area contributed by atoms with Crippen LogP contribution in [0.2, 0.25) is 10.0 Å². The summed E-state index contributed by atoms with van der Waals surface area (Å²) in [6.07, 6.45) is 1.65. The standard InChI is InChI=1S/C27H24BrCl2N3O3/c1-4-35-24-13-18(12-22(28)26(24)36-16-19-10-11-20(29)14-23(19)30)15-31-25-17(2)32(3)33(27(25)34)21-8-6-5-7-9-21/h5-15H,4,16H2,1-3H3. The summed E-state index contributed by atoms with van der Waals surface area (Å²) in [5, 5.41) is 1.09. The summed E-state index contributed by atoms with van der Waals surface area (Å²) in [5.41, 5.74) is 3.25. The second-order valence-electron chi connectivity index (χ2n) is 7.96. The third kappa shape index (κ3) is 5.53. The molecule has 0 fully saturated rings. The van der Waals surface area contributed by atoms with Gasteiger partial charge in [0, 0.05) is 28.9 Å². The molecule has 6 nitrogen and oxygen atoms in total. The molecule has 0 bridgehead atoms. The number of aliphatic imine (C=N–C) groups is 1. The summed E-state index contributed by atoms with van der Waals surface area (Å²) >= 11 is 15.9. The molecule has 0 amide bonds. The van der Waals surface area contributed by atoms with Crippen LogP contribution in [0.15, 0.2) is 74.9 Å². The number of halogens is 3. The average Bonchev–Trinajstić information content (AvgIpc) is 3.06. The molecular weight excluding hydrogens is 565 g/mol. The Morgan fingerprint density at radius 2 is 1.81 bits per heavy atom. The predicted molar refractivity (Wildman–Crippen MR) is 149 cm³/mol. The van der Waals surface area contributed by atoms with E-state index in [1.165, 1.54) is 0 Å². The second-order valence-corrected chi connectivity index (χ2v) is 9.65. The molecule has 186 valence electrons. The molecule has 0 spiro atoms. The van der Waals surface area contributed by atoms with Crippen molar-refractivity contribution in [2.24, 2.45) is 12.0 Å². The van der Waals surface area contributed by atoms with Crippen molar-refractivity contribution >= 4 is 51.0 Å². The molecule has 0 aliphatic carbocycles. The number of ether oxygens (including phenoxy) is 2. The van der Waals surface area contributed by atoms with Crippen molar-refractivity contribution in [2.75, 3.05) is 6.61 Å². The zero-order valence-electron chi connectivity index (χ0n) is 20.0. The van der Waals surface area contributed by atoms with E-state index in [-0.39, 0.29) is 12.2 Å². The quantitative estimate of drug-likeness (QED) is 0.203. The number of aromatic nitrogens is 2. The van der Waals surface area contributed by atoms with E-state index in [1.807, 2.05) is 69.4 Å². The van der Waals surface area contributed by atoms with Crippen molar-refractivity contribution in [3.8, 4) is 17.2 Å². The minimum Gasteiger partial charge on any atom is -0.490 e. The van der Waals surface area contributed by atoms with Crippen LogP contribution in [0, 0.1) is 6.92 Å². The van der Waals surface area contributed by atoms with Gasteiger partial charge in [-0.05, 0) is 71.7 Å². The summed E-state index contributed by atoms with van der Waals surface area (Å²) in [4.78, 5) is 17.7. The highest BCUT2D eigenvalue weighted by Gasteiger charge is 2.16. The van der Waals surface area contributed by atoms with E-state index in [0.29, 0.717) is 38.3 Å². The molecule has 1 heterocycles. The normalized spacial score (nSPS) is 11.3. The molecule has 9 heteroatoms. The van der Waals surface area contributed by atoms with E-state index in [0.717, 1.165) is 22.5 Å². The van der Waals surface area contributed by atoms with Gasteiger partial charge in [0.15, 0.2) is 17.2 Å². The molecule has 0 saturated carbocycles. The Labute approximate surface area is 227 Å². The first kappa shape index (κ1) is 26.1. The molecule has 0 saturated heterocycles. The minimum atomic E-state index is -0.193. The third-order valence-electron chi connectivity index (χ3n) is 5.59. The predicted octanol–water partition coefficient (Wildman–Crippen LogP) is 7.28. The van der Waals surface area contributed by atoms with Gasteiger partial charge in [0.05, 0.1) is 22.5 Å². The molecule has 4 rings (SSSR count). The van der Waals surface area contributed by atoms with Gasteiger partial charge in [0.25, 0.3) is 5.56 Å². The molecule has 3 aromatic carbocycles. The lowest BCUT2D eigenvalue weighted by Crippen LogP contribution is -2.19. The van der Waals surface area contributed by atoms with Gasteiger partial charge >= 0.3 is 0 Å². The van der Waals surface area contributed by atoms with Gasteiger partial charge < -0.3 is 9.47 Å². The van der Waals surface area contributed by atoms with Crippen LogP contribution >= 0.6 is 39.1 Å². The summed E-state index contributed by atoms with van der Waals surface area (Å²) in [7, 11) is 1.84. The number of nitrogens with zero attached hydrogens (tertiary/aromatic N) is 3. The van der Waals surface area contributed by atoms with Gasteiger partial charge in [-0.1, -0.05) is 47.5 Å². The Morgan fingerprint density at radius 3 is 2.50 bits per heavy atom. The number of para-hydroxylation sites is 1. The first-order chi connectivity index (χ1) is 17.3. The Morgan fingerprint density at radius 1 is 1.06 bits per heavy atom. The number of benzene rings is 3. The van der Waals surface area contributed by atoms with Crippen molar-refractivity contribution in [1.29, 1.82) is 0 Å². The van der Waals surface area contributed by atoms with Crippen molar-refractivity contribution in [3.63, 3.8) is 0 Å². The molecule has 0 radical (unpaired) electrons. The highest BCUT2D eigenvalue weighted by Crippen LogP contribution is 2.38. The number of hydrogen-bond donors (Lipinski definition) is 0. The van der Waals surface area contributed by atoms with E-state index in [4.69, 9.17) is 32.7 Å². The lowest BCUT2D eigenvalue weighted by Gasteiger charge is -2.15. The lowest BCUT2D eigenvalue weighted by atomic mass is 10.2. The van der Waals surface area contributed by atoms with Crippen LogP contribution in [0.4, 0.5) is 5.69 Å². The number of hydrogen-bond acceptors (Lipinski definition) is 4. The van der Waals surface area contributed by atoms with Gasteiger partial charge in [-0.25, -0.2) is 9.67 Å². The van der Waals surface area contributed by atoms with E-state index in [2.05, 4.69) is 20.9 Å². The average molecular weight is 589 g/mol. The highest BCUT2D eigenvalue weighted by atomic mass is 79.9. The molecule has 0 unspecified atom stereocenters. The van der Waals surface area contributed by atoms with Crippen molar-refractivity contribution in [2.45, 2.75) is 20.5 Å². The van der Waals surface area contributed by atoms with Crippen LogP contribution in [0.25, 0.3) is 5.69 Å². The molecule has 0 aliphatic heterocycles. The highest BCUT2D eigenvalue weighted by molar-refractivity contribution is 9.10. The van der Waals surface area contributed by atoms with E-state index in [1.54, 1.807) is 27.7 Å². The van der Waals surface area contributed by atoms with E-state index >= 15 is 0 Å². The Hall–Kier alpha value is -3.00. The molecule has 0 N–H and O–H groups in total. The van der Waals surface area contributed by atoms with Crippen molar-refractivity contribution < 1.29 is 9.47 Å². The largest absolute Gasteiger partial charge is 0.490 e. The van der Waals surface area contributed by atoms with Gasteiger partial charge in [-0.3, -0.25) is 9.48 Å². The van der Waals surface area contributed by atoms with Crippen LogP contribution in [0.5, 0.6) is 11.5 Å². The fourth-order valence-electron chi connectivity index (χ4n) is 3.70. The van der Waals surface area contributed by atoms with Gasteiger partial charge in [0.2, 0.25) is 0 Å². The summed E-state index contributed by atoms with van der Waals surface area (Å²) in [6.45, 7) is 4.46. The molecule has 36 heavy (non-hydrogen) atoms. The monoisotopic (exact) mass is 587 g/mol. The molecule has 0 atom stereocenters. The second kappa shape index (κ2) is 11.4. The minimum absolute atomic E-state index is 0.193. The Bertz CT molecular complexity index is 1480. The van der Waals surface area contributed by atoms with Crippen LogP contribution < -0.4 is 15.0 Å². The van der Waals surface area contributed by atoms with E-state index in [9.17, 15) is 4.79 Å². The topological polar surface area (TPSA) is 57.8 Å².